The normalized spacial score (nSPS) is 12.6. The number of rotatable bonds is 1. The van der Waals surface area contributed by atoms with Crippen molar-refractivity contribution in [2.45, 2.75) is 0 Å². The Morgan fingerprint density at radius 3 is 2.27 bits per heavy atom. The summed E-state index contributed by atoms with van der Waals surface area (Å²) in [5, 5.41) is 0.756. The summed E-state index contributed by atoms with van der Waals surface area (Å²) < 4.78 is 0.933. The van der Waals surface area contributed by atoms with Crippen LogP contribution < -0.4 is 0 Å². The maximum atomic E-state index is 5.97. The van der Waals surface area contributed by atoms with E-state index >= 15 is 0 Å². The molecule has 0 aliphatic heterocycles. The fourth-order valence-electron chi connectivity index (χ4n) is 0.694. The molecule has 0 amide bonds. The molecular formula is C8H5BrClI. The highest BCUT2D eigenvalue weighted by Gasteiger charge is 1.99. The predicted octanol–water partition coefficient (Wildman–Crippen LogP) is 4.38. The van der Waals surface area contributed by atoms with Crippen LogP contribution in [-0.2, 0) is 0 Å². The van der Waals surface area contributed by atoms with E-state index in [0.717, 1.165) is 13.1 Å². The maximum Gasteiger partial charge on any atom is 0.0751 e. The highest BCUT2D eigenvalue weighted by atomic mass is 127. The third kappa shape index (κ3) is 2.76. The maximum absolute atomic E-state index is 5.97. The SMILES string of the molecule is Cl/C(=C(\Br)I)c1ccccc1. The molecule has 1 aromatic carbocycles. The van der Waals surface area contributed by atoms with Gasteiger partial charge in [0, 0.05) is 0 Å². The molecule has 0 aliphatic rings. The number of hydrogen-bond donors (Lipinski definition) is 0. The largest absolute Gasteiger partial charge is 0.0819 e. The van der Waals surface area contributed by atoms with Crippen LogP contribution in [0.3, 0.4) is 0 Å². The molecule has 3 heteroatoms. The highest BCUT2D eigenvalue weighted by molar-refractivity contribution is 14.1. The average molecular weight is 343 g/mol. The van der Waals surface area contributed by atoms with E-state index in [9.17, 15) is 0 Å². The molecule has 0 N–H and O–H groups in total. The van der Waals surface area contributed by atoms with Crippen LogP contribution >= 0.6 is 50.1 Å². The van der Waals surface area contributed by atoms with E-state index in [-0.39, 0.29) is 0 Å². The van der Waals surface area contributed by atoms with Crippen molar-refractivity contribution in [1.29, 1.82) is 0 Å². The van der Waals surface area contributed by atoms with Crippen molar-refractivity contribution in [2.24, 2.45) is 0 Å². The van der Waals surface area contributed by atoms with Crippen molar-refractivity contribution in [3.05, 3.63) is 38.4 Å². The molecule has 11 heavy (non-hydrogen) atoms. The lowest BCUT2D eigenvalue weighted by molar-refractivity contribution is 1.65. The molecule has 0 aliphatic carbocycles. The van der Waals surface area contributed by atoms with Gasteiger partial charge in [0.2, 0.25) is 0 Å². The third-order valence-corrected chi connectivity index (χ3v) is 3.08. The van der Waals surface area contributed by atoms with Crippen molar-refractivity contribution in [3.8, 4) is 0 Å². The Kier molecular flexibility index (Phi) is 3.89. The van der Waals surface area contributed by atoms with Crippen LogP contribution in [0, 0.1) is 0 Å². The lowest BCUT2D eigenvalue weighted by atomic mass is 10.2. The molecule has 0 heterocycles. The summed E-state index contributed by atoms with van der Waals surface area (Å²) in [5.41, 5.74) is 1.04. The van der Waals surface area contributed by atoms with Gasteiger partial charge in [-0.2, -0.15) is 0 Å². The lowest BCUT2D eigenvalue weighted by Gasteiger charge is -1.97. The molecule has 1 aromatic rings. The van der Waals surface area contributed by atoms with E-state index < -0.39 is 0 Å². The summed E-state index contributed by atoms with van der Waals surface area (Å²) >= 11 is 11.4. The Hall–Kier alpha value is 0.460. The molecule has 0 saturated heterocycles. The van der Waals surface area contributed by atoms with Crippen LogP contribution in [0.15, 0.2) is 32.8 Å². The van der Waals surface area contributed by atoms with Gasteiger partial charge in [-0.1, -0.05) is 41.9 Å². The Morgan fingerprint density at radius 1 is 1.27 bits per heavy atom. The van der Waals surface area contributed by atoms with Gasteiger partial charge in [0.1, 0.15) is 0 Å². The molecule has 0 radical (unpaired) electrons. The fraction of sp³-hybridized carbons (Fsp3) is 0. The topological polar surface area (TPSA) is 0 Å². The van der Waals surface area contributed by atoms with Crippen LogP contribution in [0.4, 0.5) is 0 Å². The van der Waals surface area contributed by atoms with Crippen LogP contribution in [-0.4, -0.2) is 0 Å². The zero-order valence-corrected chi connectivity index (χ0v) is 10.0. The van der Waals surface area contributed by atoms with Crippen molar-refractivity contribution in [1.82, 2.24) is 0 Å². The molecule has 0 aromatic heterocycles. The first kappa shape index (κ1) is 9.55. The van der Waals surface area contributed by atoms with Gasteiger partial charge in [-0.3, -0.25) is 0 Å². The summed E-state index contributed by atoms with van der Waals surface area (Å²) in [6, 6.07) is 9.84. The summed E-state index contributed by atoms with van der Waals surface area (Å²) in [5.74, 6) is 0. The summed E-state index contributed by atoms with van der Waals surface area (Å²) in [4.78, 5) is 0. The van der Waals surface area contributed by atoms with Gasteiger partial charge in [-0.05, 0) is 44.1 Å². The molecule has 0 spiro atoms. The summed E-state index contributed by atoms with van der Waals surface area (Å²) in [7, 11) is 0. The smallest absolute Gasteiger partial charge is 0.0751 e. The van der Waals surface area contributed by atoms with Gasteiger partial charge in [-0.15, -0.1) is 0 Å². The molecule has 0 atom stereocenters. The number of benzene rings is 1. The van der Waals surface area contributed by atoms with Crippen molar-refractivity contribution in [2.75, 3.05) is 0 Å². The Bertz CT molecular complexity index is 265. The van der Waals surface area contributed by atoms with E-state index in [1.54, 1.807) is 0 Å². The average Bonchev–Trinajstić information content (AvgIpc) is 2.05. The molecule has 58 valence electrons. The van der Waals surface area contributed by atoms with E-state index in [0.29, 0.717) is 0 Å². The molecular weight excluding hydrogens is 338 g/mol. The molecule has 0 saturated carbocycles. The monoisotopic (exact) mass is 342 g/mol. The van der Waals surface area contributed by atoms with Crippen LogP contribution in [0.2, 0.25) is 0 Å². The zero-order valence-electron chi connectivity index (χ0n) is 5.52. The summed E-state index contributed by atoms with van der Waals surface area (Å²) in [6.45, 7) is 0. The van der Waals surface area contributed by atoms with Crippen molar-refractivity contribution < 1.29 is 0 Å². The van der Waals surface area contributed by atoms with Gasteiger partial charge < -0.3 is 0 Å². The second kappa shape index (κ2) is 4.48. The van der Waals surface area contributed by atoms with Gasteiger partial charge in [0.25, 0.3) is 0 Å². The van der Waals surface area contributed by atoms with Gasteiger partial charge in [0.05, 0.1) is 7.52 Å². The first-order valence-corrected chi connectivity index (χ1v) is 5.23. The van der Waals surface area contributed by atoms with Crippen molar-refractivity contribution >= 4 is 55.2 Å². The minimum absolute atomic E-state index is 0.756. The molecule has 0 bridgehead atoms. The van der Waals surface area contributed by atoms with E-state index in [4.69, 9.17) is 11.6 Å². The third-order valence-electron chi connectivity index (χ3n) is 1.19. The van der Waals surface area contributed by atoms with Crippen molar-refractivity contribution in [3.63, 3.8) is 0 Å². The van der Waals surface area contributed by atoms with E-state index in [1.165, 1.54) is 0 Å². The van der Waals surface area contributed by atoms with Gasteiger partial charge >= 0.3 is 0 Å². The van der Waals surface area contributed by atoms with Gasteiger partial charge in [0.15, 0.2) is 0 Å². The fourth-order valence-corrected chi connectivity index (χ4v) is 1.36. The standard InChI is InChI=1S/C8H5BrClI/c9-8(11)7(10)6-4-2-1-3-5-6/h1-5H/b8-7+. The second-order valence-electron chi connectivity index (χ2n) is 1.94. The molecule has 1 rings (SSSR count). The first-order chi connectivity index (χ1) is 5.22. The van der Waals surface area contributed by atoms with Crippen LogP contribution in [0.1, 0.15) is 5.56 Å². The van der Waals surface area contributed by atoms with E-state index in [1.807, 2.05) is 30.3 Å². The molecule has 0 fully saturated rings. The zero-order chi connectivity index (χ0) is 8.27. The lowest BCUT2D eigenvalue weighted by Crippen LogP contribution is -1.74. The number of hydrogen-bond acceptors (Lipinski definition) is 0. The minimum atomic E-state index is 0.756. The Labute approximate surface area is 92.9 Å². The second-order valence-corrected chi connectivity index (χ2v) is 5.67. The first-order valence-electron chi connectivity index (χ1n) is 2.98. The number of halogens is 3. The van der Waals surface area contributed by atoms with Crippen LogP contribution in [0.25, 0.3) is 5.03 Å². The minimum Gasteiger partial charge on any atom is -0.0819 e. The van der Waals surface area contributed by atoms with Gasteiger partial charge in [-0.25, -0.2) is 0 Å². The Morgan fingerprint density at radius 2 is 1.82 bits per heavy atom. The van der Waals surface area contributed by atoms with E-state index in [2.05, 4.69) is 38.5 Å². The summed E-state index contributed by atoms with van der Waals surface area (Å²) in [6.07, 6.45) is 0. The molecule has 0 unspecified atom stereocenters. The highest BCUT2D eigenvalue weighted by Crippen LogP contribution is 2.30. The molecule has 0 nitrogen and oxygen atoms in total. The predicted molar refractivity (Wildman–Crippen MR) is 62.2 cm³/mol. The van der Waals surface area contributed by atoms with Crippen LogP contribution in [0.5, 0.6) is 0 Å². The Balaban J connectivity index is 3.04. The quantitative estimate of drug-likeness (QED) is 0.664.